The molecule has 0 aliphatic rings. The second-order valence-electron chi connectivity index (χ2n) is 3.44. The van der Waals surface area contributed by atoms with Crippen molar-refractivity contribution >= 4 is 21.9 Å². The summed E-state index contributed by atoms with van der Waals surface area (Å²) in [5.41, 5.74) is 1.09. The molecule has 4 nitrogen and oxygen atoms in total. The first-order valence-electron chi connectivity index (χ1n) is 5.01. The van der Waals surface area contributed by atoms with Crippen molar-refractivity contribution in [1.82, 2.24) is 5.16 Å². The Morgan fingerprint density at radius 3 is 2.71 bits per heavy atom. The summed E-state index contributed by atoms with van der Waals surface area (Å²) < 4.78 is 10.8. The molecule has 0 atom stereocenters. The minimum atomic E-state index is -0.377. The lowest BCUT2D eigenvalue weighted by molar-refractivity contribution is 0.0463. The van der Waals surface area contributed by atoms with Crippen molar-refractivity contribution in [2.75, 3.05) is 0 Å². The number of hydrogen-bond donors (Lipinski definition) is 0. The number of aryl methyl sites for hydroxylation is 1. The minimum absolute atomic E-state index is 0.0889. The molecule has 1 aromatic heterocycles. The van der Waals surface area contributed by atoms with Gasteiger partial charge in [-0.2, -0.15) is 0 Å². The van der Waals surface area contributed by atoms with E-state index in [0.29, 0.717) is 17.0 Å². The first-order chi connectivity index (χ1) is 8.18. The van der Waals surface area contributed by atoms with Crippen LogP contribution in [-0.2, 0) is 11.3 Å². The van der Waals surface area contributed by atoms with Gasteiger partial charge < -0.3 is 9.26 Å². The standard InChI is InChI=1S/C12H10BrNO3/c1-8-11(13)10(14-17-8)7-16-12(15)9-5-3-2-4-6-9/h2-6H,7H2,1H3. The van der Waals surface area contributed by atoms with E-state index in [1.807, 2.05) is 6.07 Å². The quantitative estimate of drug-likeness (QED) is 0.817. The first-order valence-corrected chi connectivity index (χ1v) is 5.80. The van der Waals surface area contributed by atoms with Crippen LogP contribution in [0.1, 0.15) is 21.8 Å². The largest absolute Gasteiger partial charge is 0.455 e. The number of ether oxygens (including phenoxy) is 1. The van der Waals surface area contributed by atoms with Gasteiger partial charge in [-0.1, -0.05) is 23.4 Å². The number of halogens is 1. The van der Waals surface area contributed by atoms with E-state index in [2.05, 4.69) is 21.1 Å². The average molecular weight is 296 g/mol. The van der Waals surface area contributed by atoms with E-state index >= 15 is 0 Å². The minimum Gasteiger partial charge on any atom is -0.455 e. The highest BCUT2D eigenvalue weighted by molar-refractivity contribution is 9.10. The van der Waals surface area contributed by atoms with Gasteiger partial charge in [-0.3, -0.25) is 0 Å². The maximum absolute atomic E-state index is 11.6. The second kappa shape index (κ2) is 5.14. The van der Waals surface area contributed by atoms with Crippen LogP contribution in [0.15, 0.2) is 39.3 Å². The predicted octanol–water partition coefficient (Wildman–Crippen LogP) is 3.10. The zero-order valence-electron chi connectivity index (χ0n) is 9.14. The van der Waals surface area contributed by atoms with Crippen molar-refractivity contribution in [2.24, 2.45) is 0 Å². The molecule has 5 heteroatoms. The van der Waals surface area contributed by atoms with E-state index in [1.165, 1.54) is 0 Å². The van der Waals surface area contributed by atoms with Gasteiger partial charge in [-0.05, 0) is 35.0 Å². The van der Waals surface area contributed by atoms with E-state index in [-0.39, 0.29) is 12.6 Å². The number of hydrogen-bond acceptors (Lipinski definition) is 4. The fraction of sp³-hybridized carbons (Fsp3) is 0.167. The van der Waals surface area contributed by atoms with E-state index in [9.17, 15) is 4.79 Å². The Kier molecular flexibility index (Phi) is 3.58. The third-order valence-corrected chi connectivity index (χ3v) is 3.22. The molecule has 2 rings (SSSR count). The van der Waals surface area contributed by atoms with E-state index in [0.717, 1.165) is 4.47 Å². The molecular weight excluding hydrogens is 286 g/mol. The first kappa shape index (κ1) is 11.9. The molecule has 0 spiro atoms. The predicted molar refractivity (Wildman–Crippen MR) is 64.5 cm³/mol. The Hall–Kier alpha value is -1.62. The van der Waals surface area contributed by atoms with Gasteiger partial charge >= 0.3 is 5.97 Å². The van der Waals surface area contributed by atoms with Crippen molar-refractivity contribution < 1.29 is 14.1 Å². The molecule has 0 N–H and O–H groups in total. The third kappa shape index (κ3) is 2.74. The van der Waals surface area contributed by atoms with Gasteiger partial charge in [0.2, 0.25) is 0 Å². The van der Waals surface area contributed by atoms with Crippen LogP contribution >= 0.6 is 15.9 Å². The Morgan fingerprint density at radius 2 is 2.12 bits per heavy atom. The van der Waals surface area contributed by atoms with E-state index in [1.54, 1.807) is 31.2 Å². The summed E-state index contributed by atoms with van der Waals surface area (Å²) in [6.45, 7) is 1.87. The summed E-state index contributed by atoms with van der Waals surface area (Å²) >= 11 is 3.31. The Labute approximate surface area is 107 Å². The van der Waals surface area contributed by atoms with Crippen molar-refractivity contribution in [3.05, 3.63) is 51.8 Å². The van der Waals surface area contributed by atoms with Gasteiger partial charge in [0.25, 0.3) is 0 Å². The monoisotopic (exact) mass is 295 g/mol. The molecule has 0 fully saturated rings. The highest BCUT2D eigenvalue weighted by atomic mass is 79.9. The van der Waals surface area contributed by atoms with Crippen molar-refractivity contribution in [3.63, 3.8) is 0 Å². The molecule has 0 radical (unpaired) electrons. The van der Waals surface area contributed by atoms with Gasteiger partial charge in [0.1, 0.15) is 18.1 Å². The van der Waals surface area contributed by atoms with Crippen molar-refractivity contribution in [1.29, 1.82) is 0 Å². The fourth-order valence-electron chi connectivity index (χ4n) is 1.29. The molecule has 0 unspecified atom stereocenters. The lowest BCUT2D eigenvalue weighted by Gasteiger charge is -2.02. The summed E-state index contributed by atoms with van der Waals surface area (Å²) in [5.74, 6) is 0.286. The molecule has 0 amide bonds. The van der Waals surface area contributed by atoms with Crippen LogP contribution in [0.3, 0.4) is 0 Å². The molecule has 1 aromatic carbocycles. The molecule has 2 aromatic rings. The maximum atomic E-state index is 11.6. The molecule has 0 bridgehead atoms. The summed E-state index contributed by atoms with van der Waals surface area (Å²) in [5, 5.41) is 3.78. The Balaban J connectivity index is 2.00. The highest BCUT2D eigenvalue weighted by Gasteiger charge is 2.13. The fourth-order valence-corrected chi connectivity index (χ4v) is 1.55. The smallest absolute Gasteiger partial charge is 0.338 e. The molecule has 0 saturated heterocycles. The normalized spacial score (nSPS) is 10.2. The van der Waals surface area contributed by atoms with Crippen LogP contribution in [-0.4, -0.2) is 11.1 Å². The summed E-state index contributed by atoms with van der Waals surface area (Å²) in [6, 6.07) is 8.81. The van der Waals surface area contributed by atoms with Gasteiger partial charge in [0.15, 0.2) is 0 Å². The second-order valence-corrected chi connectivity index (χ2v) is 4.23. The van der Waals surface area contributed by atoms with Crippen molar-refractivity contribution in [3.8, 4) is 0 Å². The molecule has 0 saturated carbocycles. The number of carbonyl (C=O) groups excluding carboxylic acids is 1. The van der Waals surface area contributed by atoms with Crippen LogP contribution in [0.25, 0.3) is 0 Å². The van der Waals surface area contributed by atoms with Crippen LogP contribution in [0.5, 0.6) is 0 Å². The van der Waals surface area contributed by atoms with Crippen molar-refractivity contribution in [2.45, 2.75) is 13.5 Å². The number of aromatic nitrogens is 1. The third-order valence-electron chi connectivity index (χ3n) is 2.20. The van der Waals surface area contributed by atoms with Crippen LogP contribution in [0.2, 0.25) is 0 Å². The molecule has 0 aliphatic carbocycles. The number of nitrogens with zero attached hydrogens (tertiary/aromatic N) is 1. The maximum Gasteiger partial charge on any atom is 0.338 e. The lowest BCUT2D eigenvalue weighted by atomic mass is 10.2. The molecule has 1 heterocycles. The van der Waals surface area contributed by atoms with Gasteiger partial charge in [-0.15, -0.1) is 0 Å². The Bertz CT molecular complexity index is 522. The van der Waals surface area contributed by atoms with Gasteiger partial charge in [0, 0.05) is 0 Å². The Morgan fingerprint density at radius 1 is 1.41 bits per heavy atom. The summed E-state index contributed by atoms with van der Waals surface area (Å²) in [7, 11) is 0. The zero-order valence-corrected chi connectivity index (χ0v) is 10.7. The van der Waals surface area contributed by atoms with Crippen LogP contribution in [0, 0.1) is 6.92 Å². The summed E-state index contributed by atoms with van der Waals surface area (Å²) in [4.78, 5) is 11.6. The zero-order chi connectivity index (χ0) is 12.3. The van der Waals surface area contributed by atoms with Gasteiger partial charge in [0.05, 0.1) is 10.0 Å². The molecule has 17 heavy (non-hydrogen) atoms. The van der Waals surface area contributed by atoms with E-state index in [4.69, 9.17) is 9.26 Å². The highest BCUT2D eigenvalue weighted by Crippen LogP contribution is 2.21. The topological polar surface area (TPSA) is 52.3 Å². The molecule has 0 aliphatic heterocycles. The van der Waals surface area contributed by atoms with Gasteiger partial charge in [-0.25, -0.2) is 4.79 Å². The van der Waals surface area contributed by atoms with Crippen LogP contribution in [0.4, 0.5) is 0 Å². The SMILES string of the molecule is Cc1onc(COC(=O)c2ccccc2)c1Br. The molecular formula is C12H10BrNO3. The molecule has 88 valence electrons. The summed E-state index contributed by atoms with van der Waals surface area (Å²) in [6.07, 6.45) is 0. The number of carbonyl (C=O) groups is 1. The van der Waals surface area contributed by atoms with Crippen LogP contribution < -0.4 is 0 Å². The number of rotatable bonds is 3. The number of benzene rings is 1. The average Bonchev–Trinajstić information content (AvgIpc) is 2.68. The number of esters is 1. The lowest BCUT2D eigenvalue weighted by Crippen LogP contribution is -2.05. The van der Waals surface area contributed by atoms with E-state index < -0.39 is 0 Å².